The summed E-state index contributed by atoms with van der Waals surface area (Å²) in [6.45, 7) is 5.80. The zero-order valence-electron chi connectivity index (χ0n) is 12.5. The number of likely N-dealkylation sites (tertiary alicyclic amines) is 1. The summed E-state index contributed by atoms with van der Waals surface area (Å²) in [5.41, 5.74) is 0. The lowest BCUT2D eigenvalue weighted by Crippen LogP contribution is -2.52. The molecule has 6 nitrogen and oxygen atoms in total. The molecular formula is C15H24N4O2. The molecule has 0 saturated carbocycles. The Kier molecular flexibility index (Phi) is 4.87. The third kappa shape index (κ3) is 3.83. The molecule has 3 heterocycles. The van der Waals surface area contributed by atoms with Gasteiger partial charge >= 0.3 is 0 Å². The minimum absolute atomic E-state index is 0.179. The second kappa shape index (κ2) is 7.04. The summed E-state index contributed by atoms with van der Waals surface area (Å²) in [4.78, 5) is 16.8. The summed E-state index contributed by atoms with van der Waals surface area (Å²) in [7, 11) is 0. The van der Waals surface area contributed by atoms with Crippen LogP contribution < -0.4 is 0 Å². The first-order valence-electron chi connectivity index (χ1n) is 7.93. The Morgan fingerprint density at radius 1 is 1.19 bits per heavy atom. The number of ether oxygens (including phenoxy) is 1. The second-order valence-corrected chi connectivity index (χ2v) is 5.82. The first-order valence-corrected chi connectivity index (χ1v) is 7.93. The lowest BCUT2D eigenvalue weighted by atomic mass is 10.1. The molecule has 1 amide bonds. The highest BCUT2D eigenvalue weighted by Gasteiger charge is 2.30. The molecule has 0 spiro atoms. The van der Waals surface area contributed by atoms with Crippen molar-refractivity contribution >= 4 is 5.91 Å². The Morgan fingerprint density at radius 2 is 2.05 bits per heavy atom. The maximum Gasteiger partial charge on any atom is 0.253 e. The van der Waals surface area contributed by atoms with Crippen LogP contribution in [-0.2, 0) is 16.1 Å². The van der Waals surface area contributed by atoms with Crippen molar-refractivity contribution < 1.29 is 9.53 Å². The van der Waals surface area contributed by atoms with Gasteiger partial charge in [0.2, 0.25) is 0 Å². The maximum absolute atomic E-state index is 12.5. The van der Waals surface area contributed by atoms with Crippen molar-refractivity contribution in [3.63, 3.8) is 0 Å². The summed E-state index contributed by atoms with van der Waals surface area (Å²) in [6, 6.07) is 1.93. The van der Waals surface area contributed by atoms with Crippen LogP contribution in [0.3, 0.4) is 0 Å². The fraction of sp³-hybridized carbons (Fsp3) is 0.733. The fourth-order valence-electron chi connectivity index (χ4n) is 3.05. The number of rotatable bonds is 4. The number of carbonyl (C=O) groups is 1. The molecule has 0 aromatic carbocycles. The highest BCUT2D eigenvalue weighted by Crippen LogP contribution is 2.14. The SMILES string of the molecule is O=C(C1CN(CCn2cccn2)CCO1)N1CCCCC1. The van der Waals surface area contributed by atoms with Gasteiger partial charge in [0.25, 0.3) is 5.91 Å². The van der Waals surface area contributed by atoms with Crippen LogP contribution in [-0.4, -0.2) is 70.9 Å². The van der Waals surface area contributed by atoms with Crippen molar-refractivity contribution in [3.8, 4) is 0 Å². The highest BCUT2D eigenvalue weighted by molar-refractivity contribution is 5.81. The van der Waals surface area contributed by atoms with Crippen molar-refractivity contribution in [2.24, 2.45) is 0 Å². The Morgan fingerprint density at radius 3 is 2.81 bits per heavy atom. The van der Waals surface area contributed by atoms with Crippen LogP contribution in [0.25, 0.3) is 0 Å². The molecule has 2 fully saturated rings. The lowest BCUT2D eigenvalue weighted by Gasteiger charge is -2.36. The molecule has 2 aliphatic heterocycles. The van der Waals surface area contributed by atoms with Crippen molar-refractivity contribution in [2.75, 3.05) is 39.3 Å². The van der Waals surface area contributed by atoms with Gasteiger partial charge in [-0.25, -0.2) is 0 Å². The van der Waals surface area contributed by atoms with Crippen molar-refractivity contribution in [1.82, 2.24) is 19.6 Å². The van der Waals surface area contributed by atoms with E-state index in [0.29, 0.717) is 13.2 Å². The first kappa shape index (κ1) is 14.5. The molecule has 116 valence electrons. The van der Waals surface area contributed by atoms with Gasteiger partial charge < -0.3 is 9.64 Å². The molecule has 0 bridgehead atoms. The Balaban J connectivity index is 1.49. The molecule has 21 heavy (non-hydrogen) atoms. The molecule has 1 atom stereocenters. The fourth-order valence-corrected chi connectivity index (χ4v) is 3.05. The van der Waals surface area contributed by atoms with Gasteiger partial charge in [0, 0.05) is 45.1 Å². The maximum atomic E-state index is 12.5. The van der Waals surface area contributed by atoms with E-state index in [0.717, 1.165) is 45.6 Å². The van der Waals surface area contributed by atoms with Gasteiger partial charge in [-0.05, 0) is 25.3 Å². The van der Waals surface area contributed by atoms with Crippen LogP contribution in [0.15, 0.2) is 18.5 Å². The van der Waals surface area contributed by atoms with Gasteiger partial charge in [-0.2, -0.15) is 5.10 Å². The summed E-state index contributed by atoms with van der Waals surface area (Å²) in [5.74, 6) is 0.179. The number of hydrogen-bond donors (Lipinski definition) is 0. The third-order valence-electron chi connectivity index (χ3n) is 4.30. The molecule has 3 rings (SSSR count). The lowest BCUT2D eigenvalue weighted by molar-refractivity contribution is -0.150. The molecule has 0 N–H and O–H groups in total. The van der Waals surface area contributed by atoms with Crippen LogP contribution in [0.2, 0.25) is 0 Å². The number of aromatic nitrogens is 2. The van der Waals surface area contributed by atoms with Gasteiger partial charge in [0.05, 0.1) is 13.2 Å². The van der Waals surface area contributed by atoms with E-state index in [1.54, 1.807) is 6.20 Å². The summed E-state index contributed by atoms with van der Waals surface area (Å²) >= 11 is 0. The van der Waals surface area contributed by atoms with Crippen LogP contribution >= 0.6 is 0 Å². The van der Waals surface area contributed by atoms with Gasteiger partial charge in [0.1, 0.15) is 6.10 Å². The normalized spacial score (nSPS) is 24.2. The minimum atomic E-state index is -0.283. The standard InChI is InChI=1S/C15H24N4O2/c20-15(18-6-2-1-3-7-18)14-13-17(11-12-21-14)9-10-19-8-4-5-16-19/h4-5,8,14H,1-3,6-7,9-13H2. The molecule has 0 aliphatic carbocycles. The van der Waals surface area contributed by atoms with E-state index in [1.807, 2.05) is 21.8 Å². The van der Waals surface area contributed by atoms with E-state index in [2.05, 4.69) is 10.00 Å². The predicted molar refractivity (Wildman–Crippen MR) is 78.8 cm³/mol. The van der Waals surface area contributed by atoms with E-state index in [-0.39, 0.29) is 12.0 Å². The minimum Gasteiger partial charge on any atom is -0.366 e. The van der Waals surface area contributed by atoms with Crippen LogP contribution in [0, 0.1) is 0 Å². The molecule has 1 aromatic heterocycles. The average molecular weight is 292 g/mol. The number of carbonyl (C=O) groups excluding carboxylic acids is 1. The molecule has 1 unspecified atom stereocenters. The molecule has 2 saturated heterocycles. The van der Waals surface area contributed by atoms with E-state index in [1.165, 1.54) is 6.42 Å². The number of morpholine rings is 1. The quantitative estimate of drug-likeness (QED) is 0.815. The van der Waals surface area contributed by atoms with Crippen molar-refractivity contribution in [2.45, 2.75) is 31.9 Å². The summed E-state index contributed by atoms with van der Waals surface area (Å²) in [5, 5.41) is 4.21. The van der Waals surface area contributed by atoms with E-state index >= 15 is 0 Å². The van der Waals surface area contributed by atoms with Gasteiger partial charge in [-0.15, -0.1) is 0 Å². The van der Waals surface area contributed by atoms with E-state index < -0.39 is 0 Å². The molecule has 6 heteroatoms. The van der Waals surface area contributed by atoms with Crippen molar-refractivity contribution in [1.29, 1.82) is 0 Å². The summed E-state index contributed by atoms with van der Waals surface area (Å²) < 4.78 is 7.63. The Bertz CT molecular complexity index is 443. The van der Waals surface area contributed by atoms with Crippen LogP contribution in [0.1, 0.15) is 19.3 Å². The Labute approximate surface area is 125 Å². The molecule has 1 aromatic rings. The number of piperidine rings is 1. The third-order valence-corrected chi connectivity index (χ3v) is 4.30. The zero-order valence-corrected chi connectivity index (χ0v) is 12.5. The smallest absolute Gasteiger partial charge is 0.253 e. The van der Waals surface area contributed by atoms with Gasteiger partial charge in [-0.3, -0.25) is 14.4 Å². The zero-order chi connectivity index (χ0) is 14.5. The summed E-state index contributed by atoms with van der Waals surface area (Å²) in [6.07, 6.45) is 6.97. The predicted octanol–water partition coefficient (Wildman–Crippen LogP) is 0.596. The molecule has 0 radical (unpaired) electrons. The largest absolute Gasteiger partial charge is 0.366 e. The topological polar surface area (TPSA) is 50.6 Å². The monoisotopic (exact) mass is 292 g/mol. The van der Waals surface area contributed by atoms with Gasteiger partial charge in [-0.1, -0.05) is 0 Å². The highest BCUT2D eigenvalue weighted by atomic mass is 16.5. The van der Waals surface area contributed by atoms with E-state index in [9.17, 15) is 4.79 Å². The van der Waals surface area contributed by atoms with E-state index in [4.69, 9.17) is 4.74 Å². The number of hydrogen-bond acceptors (Lipinski definition) is 4. The van der Waals surface area contributed by atoms with Crippen LogP contribution in [0.4, 0.5) is 0 Å². The van der Waals surface area contributed by atoms with Crippen molar-refractivity contribution in [3.05, 3.63) is 18.5 Å². The first-order chi connectivity index (χ1) is 10.3. The van der Waals surface area contributed by atoms with Crippen LogP contribution in [0.5, 0.6) is 0 Å². The average Bonchev–Trinajstić information content (AvgIpc) is 3.07. The second-order valence-electron chi connectivity index (χ2n) is 5.82. The molecular weight excluding hydrogens is 268 g/mol. The Hall–Kier alpha value is -1.40. The molecule has 2 aliphatic rings. The number of nitrogens with zero attached hydrogens (tertiary/aromatic N) is 4. The number of amides is 1. The van der Waals surface area contributed by atoms with Gasteiger partial charge in [0.15, 0.2) is 0 Å².